The molecule has 0 bridgehead atoms. The highest BCUT2D eigenvalue weighted by Gasteiger charge is 2.09. The van der Waals surface area contributed by atoms with Gasteiger partial charge in [0, 0.05) is 6.42 Å². The molecule has 0 aliphatic heterocycles. The van der Waals surface area contributed by atoms with Gasteiger partial charge >= 0.3 is 0 Å². The van der Waals surface area contributed by atoms with Crippen molar-refractivity contribution in [3.63, 3.8) is 0 Å². The molecule has 0 unspecified atom stereocenters. The fourth-order valence-electron chi connectivity index (χ4n) is 0.919. The van der Waals surface area contributed by atoms with Crippen LogP contribution in [0.25, 0.3) is 0 Å². The van der Waals surface area contributed by atoms with E-state index in [2.05, 4.69) is 20.8 Å². The summed E-state index contributed by atoms with van der Waals surface area (Å²) < 4.78 is 0. The molecule has 0 atom stereocenters. The molecule has 2 heteroatoms. The fourth-order valence-corrected chi connectivity index (χ4v) is 1.05. The highest BCUT2D eigenvalue weighted by atomic mass is 35.5. The van der Waals surface area contributed by atoms with E-state index in [1.165, 1.54) is 0 Å². The molecule has 0 N–H and O–H groups in total. The molecule has 0 aliphatic rings. The first-order valence-corrected chi connectivity index (χ1v) is 4.48. The second-order valence-corrected chi connectivity index (χ2v) is 4.54. The maximum absolute atomic E-state index is 10.3. The van der Waals surface area contributed by atoms with E-state index in [9.17, 15) is 4.79 Å². The molecule has 0 spiro atoms. The molecule has 66 valence electrons. The van der Waals surface area contributed by atoms with Gasteiger partial charge in [0.05, 0.1) is 0 Å². The minimum absolute atomic E-state index is 0.209. The highest BCUT2D eigenvalue weighted by Crippen LogP contribution is 2.22. The van der Waals surface area contributed by atoms with Crippen molar-refractivity contribution < 1.29 is 4.79 Å². The van der Waals surface area contributed by atoms with Crippen molar-refractivity contribution in [2.24, 2.45) is 5.41 Å². The lowest BCUT2D eigenvalue weighted by Crippen LogP contribution is -2.04. The standard InChI is InChI=1S/C9H17ClO/c1-9(2,3)7-5-4-6-8(10)11/h4-7H2,1-3H3. The van der Waals surface area contributed by atoms with Gasteiger partial charge < -0.3 is 0 Å². The largest absolute Gasteiger partial charge is 0.281 e. The summed E-state index contributed by atoms with van der Waals surface area (Å²) in [4.78, 5) is 10.3. The zero-order chi connectivity index (χ0) is 8.91. The Morgan fingerprint density at radius 1 is 1.27 bits per heavy atom. The minimum Gasteiger partial charge on any atom is -0.281 e. The molecule has 0 saturated heterocycles. The summed E-state index contributed by atoms with van der Waals surface area (Å²) in [5.41, 5.74) is 0.384. The first-order valence-electron chi connectivity index (χ1n) is 4.10. The Bertz CT molecular complexity index is 124. The Labute approximate surface area is 74.1 Å². The molecular weight excluding hydrogens is 160 g/mol. The summed E-state index contributed by atoms with van der Waals surface area (Å²) in [6.45, 7) is 6.61. The van der Waals surface area contributed by atoms with Gasteiger partial charge in [-0.3, -0.25) is 4.79 Å². The van der Waals surface area contributed by atoms with Gasteiger partial charge in [-0.15, -0.1) is 0 Å². The zero-order valence-corrected chi connectivity index (χ0v) is 8.37. The average Bonchev–Trinajstić information content (AvgIpc) is 1.78. The molecule has 0 saturated carbocycles. The third-order valence-corrected chi connectivity index (χ3v) is 1.74. The monoisotopic (exact) mass is 176 g/mol. The van der Waals surface area contributed by atoms with Crippen LogP contribution in [0.15, 0.2) is 0 Å². The summed E-state index contributed by atoms with van der Waals surface area (Å²) in [6.07, 6.45) is 3.72. The minimum atomic E-state index is -0.209. The lowest BCUT2D eigenvalue weighted by atomic mass is 9.90. The van der Waals surface area contributed by atoms with Crippen molar-refractivity contribution >= 4 is 16.8 Å². The molecule has 0 aromatic heterocycles. The van der Waals surface area contributed by atoms with Crippen LogP contribution in [0.3, 0.4) is 0 Å². The molecule has 0 amide bonds. The van der Waals surface area contributed by atoms with Crippen LogP contribution in [0.1, 0.15) is 46.5 Å². The van der Waals surface area contributed by atoms with Gasteiger partial charge in [-0.2, -0.15) is 0 Å². The maximum atomic E-state index is 10.3. The Balaban J connectivity index is 3.22. The number of hydrogen-bond acceptors (Lipinski definition) is 1. The van der Waals surface area contributed by atoms with Gasteiger partial charge in [0.2, 0.25) is 5.24 Å². The third kappa shape index (κ3) is 9.96. The molecule has 0 heterocycles. The smallest absolute Gasteiger partial charge is 0.221 e. The number of halogens is 1. The van der Waals surface area contributed by atoms with Crippen molar-refractivity contribution in [2.45, 2.75) is 46.5 Å². The number of carbonyl (C=O) groups is 1. The Hall–Kier alpha value is -0.0400. The van der Waals surface area contributed by atoms with Gasteiger partial charge in [0.15, 0.2) is 0 Å². The molecule has 11 heavy (non-hydrogen) atoms. The van der Waals surface area contributed by atoms with Gasteiger partial charge in [-0.1, -0.05) is 27.2 Å². The molecule has 0 fully saturated rings. The van der Waals surface area contributed by atoms with Crippen molar-refractivity contribution in [1.29, 1.82) is 0 Å². The van der Waals surface area contributed by atoms with Crippen LogP contribution < -0.4 is 0 Å². The maximum Gasteiger partial charge on any atom is 0.221 e. The third-order valence-electron chi connectivity index (χ3n) is 1.55. The summed E-state index contributed by atoms with van der Waals surface area (Å²) in [5, 5.41) is -0.209. The van der Waals surface area contributed by atoms with Gasteiger partial charge in [0.1, 0.15) is 0 Å². The van der Waals surface area contributed by atoms with Crippen molar-refractivity contribution in [1.82, 2.24) is 0 Å². The van der Waals surface area contributed by atoms with E-state index in [0.717, 1.165) is 19.3 Å². The highest BCUT2D eigenvalue weighted by molar-refractivity contribution is 6.63. The van der Waals surface area contributed by atoms with E-state index >= 15 is 0 Å². The molecule has 0 aliphatic carbocycles. The fraction of sp³-hybridized carbons (Fsp3) is 0.889. The van der Waals surface area contributed by atoms with E-state index in [0.29, 0.717) is 11.8 Å². The van der Waals surface area contributed by atoms with Crippen LogP contribution in [-0.4, -0.2) is 5.24 Å². The van der Waals surface area contributed by atoms with Crippen LogP contribution in [0.5, 0.6) is 0 Å². The van der Waals surface area contributed by atoms with Crippen LogP contribution in [0, 0.1) is 5.41 Å². The van der Waals surface area contributed by atoms with Crippen molar-refractivity contribution in [2.75, 3.05) is 0 Å². The summed E-state index contributed by atoms with van der Waals surface area (Å²) >= 11 is 5.19. The summed E-state index contributed by atoms with van der Waals surface area (Å²) in [5.74, 6) is 0. The van der Waals surface area contributed by atoms with Gasteiger partial charge in [-0.25, -0.2) is 0 Å². The number of carbonyl (C=O) groups excluding carboxylic acids is 1. The van der Waals surface area contributed by atoms with Crippen LogP contribution >= 0.6 is 11.6 Å². The predicted molar refractivity (Wildman–Crippen MR) is 48.8 cm³/mol. The predicted octanol–water partition coefficient (Wildman–Crippen LogP) is 3.36. The van der Waals surface area contributed by atoms with E-state index in [1.54, 1.807) is 0 Å². The van der Waals surface area contributed by atoms with E-state index in [4.69, 9.17) is 11.6 Å². The quantitative estimate of drug-likeness (QED) is 0.474. The first-order chi connectivity index (χ1) is 4.92. The molecular formula is C9H17ClO. The van der Waals surface area contributed by atoms with Crippen LogP contribution in [0.2, 0.25) is 0 Å². The molecule has 0 radical (unpaired) electrons. The average molecular weight is 177 g/mol. The van der Waals surface area contributed by atoms with Crippen LogP contribution in [0.4, 0.5) is 0 Å². The van der Waals surface area contributed by atoms with E-state index in [1.807, 2.05) is 0 Å². The van der Waals surface area contributed by atoms with Crippen molar-refractivity contribution in [3.05, 3.63) is 0 Å². The second kappa shape index (κ2) is 4.76. The summed E-state index contributed by atoms with van der Waals surface area (Å²) in [7, 11) is 0. The van der Waals surface area contributed by atoms with E-state index in [-0.39, 0.29) is 5.24 Å². The molecule has 1 nitrogen and oxygen atoms in total. The Morgan fingerprint density at radius 3 is 2.18 bits per heavy atom. The topological polar surface area (TPSA) is 17.1 Å². The zero-order valence-electron chi connectivity index (χ0n) is 7.61. The Morgan fingerprint density at radius 2 is 1.82 bits per heavy atom. The van der Waals surface area contributed by atoms with Crippen molar-refractivity contribution in [3.8, 4) is 0 Å². The van der Waals surface area contributed by atoms with E-state index < -0.39 is 0 Å². The number of unbranched alkanes of at least 4 members (excludes halogenated alkanes) is 1. The SMILES string of the molecule is CC(C)(C)CCCCC(=O)Cl. The van der Waals surface area contributed by atoms with Gasteiger partial charge in [-0.05, 0) is 29.9 Å². The second-order valence-electron chi connectivity index (χ2n) is 4.12. The number of rotatable bonds is 4. The molecule has 0 aromatic carbocycles. The molecule has 0 rings (SSSR count). The summed E-state index contributed by atoms with van der Waals surface area (Å²) in [6, 6.07) is 0. The normalized spacial score (nSPS) is 11.6. The molecule has 0 aromatic rings. The first kappa shape index (κ1) is 11.0. The lowest BCUT2D eigenvalue weighted by molar-refractivity contribution is -0.111. The number of hydrogen-bond donors (Lipinski definition) is 0. The lowest BCUT2D eigenvalue weighted by Gasteiger charge is -2.16. The van der Waals surface area contributed by atoms with Crippen LogP contribution in [-0.2, 0) is 4.79 Å². The van der Waals surface area contributed by atoms with Gasteiger partial charge in [0.25, 0.3) is 0 Å². The Kier molecular flexibility index (Phi) is 4.74.